The van der Waals surface area contributed by atoms with E-state index < -0.39 is 0 Å². The minimum absolute atomic E-state index is 0.0278. The van der Waals surface area contributed by atoms with Crippen molar-refractivity contribution in [3.8, 4) is 5.75 Å². The molecule has 0 spiro atoms. The van der Waals surface area contributed by atoms with Gasteiger partial charge in [0.25, 0.3) is 0 Å². The smallest absolute Gasteiger partial charge is 0.119 e. The molecule has 0 bridgehead atoms. The van der Waals surface area contributed by atoms with E-state index in [1.807, 2.05) is 18.2 Å². The largest absolute Gasteiger partial charge is 0.497 e. The Kier molecular flexibility index (Phi) is 5.25. The van der Waals surface area contributed by atoms with Crippen molar-refractivity contribution in [2.24, 2.45) is 0 Å². The molecule has 130 valence electrons. The average molecular weight is 335 g/mol. The Labute approximate surface area is 149 Å². The fourth-order valence-corrected chi connectivity index (χ4v) is 3.34. The predicted molar refractivity (Wildman–Crippen MR) is 103 cm³/mol. The van der Waals surface area contributed by atoms with E-state index in [0.29, 0.717) is 0 Å². The van der Waals surface area contributed by atoms with Gasteiger partial charge in [0.2, 0.25) is 0 Å². The van der Waals surface area contributed by atoms with Crippen LogP contribution in [0.2, 0.25) is 0 Å². The van der Waals surface area contributed by atoms with Crippen molar-refractivity contribution < 1.29 is 9.84 Å². The molecule has 0 saturated carbocycles. The van der Waals surface area contributed by atoms with Gasteiger partial charge in [0.05, 0.1) is 19.8 Å². The molecule has 3 nitrogen and oxygen atoms in total. The van der Waals surface area contributed by atoms with Crippen LogP contribution in [0.25, 0.3) is 5.57 Å². The molecule has 0 aliphatic carbocycles. The Balaban J connectivity index is 1.80. The summed E-state index contributed by atoms with van der Waals surface area (Å²) in [6.07, 6.45) is 6.38. The lowest BCUT2D eigenvalue weighted by atomic mass is 9.97. The molecular formula is C22H25NO2. The van der Waals surface area contributed by atoms with Crippen LogP contribution < -0.4 is 4.74 Å². The first kappa shape index (κ1) is 17.3. The number of hydrogen-bond donors (Lipinski definition) is 1. The summed E-state index contributed by atoms with van der Waals surface area (Å²) in [7, 11) is 1.68. The molecular weight excluding hydrogens is 310 g/mol. The molecule has 0 aromatic heterocycles. The highest BCUT2D eigenvalue weighted by Gasteiger charge is 2.20. The van der Waals surface area contributed by atoms with Gasteiger partial charge in [0, 0.05) is 12.7 Å². The van der Waals surface area contributed by atoms with Crippen molar-refractivity contribution in [3.63, 3.8) is 0 Å². The van der Waals surface area contributed by atoms with Gasteiger partial charge in [-0.1, -0.05) is 42.0 Å². The van der Waals surface area contributed by atoms with E-state index in [1.54, 1.807) is 7.11 Å². The lowest BCUT2D eigenvalue weighted by Crippen LogP contribution is -2.28. The first-order valence-corrected chi connectivity index (χ1v) is 8.59. The van der Waals surface area contributed by atoms with E-state index in [9.17, 15) is 5.11 Å². The van der Waals surface area contributed by atoms with Crippen molar-refractivity contribution in [2.45, 2.75) is 19.9 Å². The second-order valence-corrected chi connectivity index (χ2v) is 6.46. The van der Waals surface area contributed by atoms with E-state index in [1.165, 1.54) is 22.3 Å². The van der Waals surface area contributed by atoms with Gasteiger partial charge in [-0.3, -0.25) is 0 Å². The van der Waals surface area contributed by atoms with Crippen LogP contribution in [-0.2, 0) is 0 Å². The van der Waals surface area contributed by atoms with Gasteiger partial charge in [-0.05, 0) is 54.3 Å². The van der Waals surface area contributed by atoms with Crippen LogP contribution in [0.15, 0.2) is 60.8 Å². The molecule has 0 fully saturated rings. The number of allylic oxidation sites excluding steroid dienone is 2. The Bertz CT molecular complexity index is 807. The van der Waals surface area contributed by atoms with Gasteiger partial charge >= 0.3 is 0 Å². The number of ether oxygens (including phenoxy) is 1. The molecule has 0 saturated heterocycles. The van der Waals surface area contributed by atoms with E-state index in [4.69, 9.17) is 4.74 Å². The van der Waals surface area contributed by atoms with Crippen LogP contribution in [0.4, 0.5) is 0 Å². The Morgan fingerprint density at radius 1 is 1.16 bits per heavy atom. The molecule has 3 rings (SSSR count). The third-order valence-corrected chi connectivity index (χ3v) is 4.73. The summed E-state index contributed by atoms with van der Waals surface area (Å²) in [6.45, 7) is 5.06. The monoisotopic (exact) mass is 335 g/mol. The van der Waals surface area contributed by atoms with E-state index in [2.05, 4.69) is 61.4 Å². The Hall–Kier alpha value is -2.52. The van der Waals surface area contributed by atoms with Crippen LogP contribution in [-0.4, -0.2) is 30.3 Å². The van der Waals surface area contributed by atoms with Crippen LogP contribution in [0.1, 0.15) is 28.3 Å². The zero-order valence-electron chi connectivity index (χ0n) is 15.1. The summed E-state index contributed by atoms with van der Waals surface area (Å²) in [5, 5.41) is 9.96. The summed E-state index contributed by atoms with van der Waals surface area (Å²) in [6, 6.07) is 14.5. The molecule has 1 aliphatic rings. The van der Waals surface area contributed by atoms with Crippen LogP contribution >= 0.6 is 0 Å². The summed E-state index contributed by atoms with van der Waals surface area (Å²) < 4.78 is 5.31. The molecule has 1 atom stereocenters. The fourth-order valence-electron chi connectivity index (χ4n) is 3.34. The van der Waals surface area contributed by atoms with Gasteiger partial charge in [0.15, 0.2) is 0 Å². The highest BCUT2D eigenvalue weighted by Crippen LogP contribution is 2.29. The third kappa shape index (κ3) is 3.77. The second kappa shape index (κ2) is 7.58. The summed E-state index contributed by atoms with van der Waals surface area (Å²) >= 11 is 0. The Morgan fingerprint density at radius 2 is 2.00 bits per heavy atom. The minimum Gasteiger partial charge on any atom is -0.497 e. The molecule has 2 aromatic carbocycles. The highest BCUT2D eigenvalue weighted by atomic mass is 16.5. The topological polar surface area (TPSA) is 32.7 Å². The lowest BCUT2D eigenvalue weighted by molar-refractivity contribution is 0.173. The average Bonchev–Trinajstić information content (AvgIpc) is 2.64. The molecule has 1 aliphatic heterocycles. The third-order valence-electron chi connectivity index (χ3n) is 4.73. The molecule has 3 heteroatoms. The molecule has 0 radical (unpaired) electrons. The van der Waals surface area contributed by atoms with Gasteiger partial charge in [0.1, 0.15) is 5.75 Å². The maximum absolute atomic E-state index is 9.96. The lowest BCUT2D eigenvalue weighted by Gasteiger charge is -2.32. The molecule has 0 amide bonds. The number of aliphatic hydroxyl groups is 1. The molecule has 1 N–H and O–H groups in total. The number of aryl methyl sites for hydroxylation is 2. The zero-order valence-corrected chi connectivity index (χ0v) is 15.1. The maximum atomic E-state index is 9.96. The summed E-state index contributed by atoms with van der Waals surface area (Å²) in [4.78, 5) is 2.18. The van der Waals surface area contributed by atoms with E-state index in [0.717, 1.165) is 17.9 Å². The molecule has 1 heterocycles. The summed E-state index contributed by atoms with van der Waals surface area (Å²) in [5.74, 6) is 0.859. The van der Waals surface area contributed by atoms with Crippen molar-refractivity contribution in [2.75, 3.05) is 20.3 Å². The molecule has 1 unspecified atom stereocenters. The fraction of sp³-hybridized carbons (Fsp3) is 0.273. The normalized spacial score (nSPS) is 15.0. The van der Waals surface area contributed by atoms with Crippen LogP contribution in [0.5, 0.6) is 5.75 Å². The number of aliphatic hydroxyl groups excluding tert-OH is 1. The maximum Gasteiger partial charge on any atom is 0.119 e. The minimum atomic E-state index is -0.0278. The van der Waals surface area contributed by atoms with Crippen molar-refractivity contribution in [1.29, 1.82) is 0 Å². The van der Waals surface area contributed by atoms with Gasteiger partial charge in [-0.2, -0.15) is 0 Å². The molecule has 2 aromatic rings. The van der Waals surface area contributed by atoms with Crippen LogP contribution in [0.3, 0.4) is 0 Å². The van der Waals surface area contributed by atoms with E-state index in [-0.39, 0.29) is 12.6 Å². The number of hydrogen-bond acceptors (Lipinski definition) is 3. The Morgan fingerprint density at radius 3 is 2.64 bits per heavy atom. The number of methoxy groups -OCH3 is 1. The van der Waals surface area contributed by atoms with Crippen molar-refractivity contribution >= 4 is 5.57 Å². The zero-order chi connectivity index (χ0) is 17.8. The number of nitrogens with zero attached hydrogens (tertiary/aromatic N) is 1. The first-order valence-electron chi connectivity index (χ1n) is 8.59. The van der Waals surface area contributed by atoms with E-state index >= 15 is 0 Å². The van der Waals surface area contributed by atoms with Gasteiger partial charge in [-0.25, -0.2) is 0 Å². The SMILES string of the molecule is COc1cccc(C2=CCN(C(CO)c3ccc(C)cc3C)C=C2)c1. The van der Waals surface area contributed by atoms with Crippen molar-refractivity contribution in [1.82, 2.24) is 4.90 Å². The number of benzene rings is 2. The predicted octanol–water partition coefficient (Wildman–Crippen LogP) is 4.26. The molecule has 25 heavy (non-hydrogen) atoms. The van der Waals surface area contributed by atoms with Crippen molar-refractivity contribution in [3.05, 3.63) is 83.1 Å². The second-order valence-electron chi connectivity index (χ2n) is 6.46. The highest BCUT2D eigenvalue weighted by molar-refractivity contribution is 5.75. The van der Waals surface area contributed by atoms with Gasteiger partial charge in [-0.15, -0.1) is 0 Å². The first-order chi connectivity index (χ1) is 12.1. The quantitative estimate of drug-likeness (QED) is 0.886. The summed E-state index contributed by atoms with van der Waals surface area (Å²) in [5.41, 5.74) is 5.95. The standard InChI is InChI=1S/C22H25NO2/c1-16-7-8-21(17(2)13-16)22(15-24)23-11-9-18(10-12-23)19-5-4-6-20(14-19)25-3/h4-11,13-14,22,24H,12,15H2,1-3H3. The van der Waals surface area contributed by atoms with Gasteiger partial charge < -0.3 is 14.7 Å². The number of rotatable bonds is 5. The van der Waals surface area contributed by atoms with Crippen LogP contribution in [0, 0.1) is 13.8 Å².